The first-order valence-electron chi connectivity index (χ1n) is 6.49. The molecule has 0 bridgehead atoms. The largest absolute Gasteiger partial charge is 0.289 e. The molecule has 3 rings (SSSR count). The van der Waals surface area contributed by atoms with E-state index >= 15 is 0 Å². The summed E-state index contributed by atoms with van der Waals surface area (Å²) in [6, 6.07) is 1.88. The van der Waals surface area contributed by atoms with Crippen molar-refractivity contribution in [3.8, 4) is 11.1 Å². The van der Waals surface area contributed by atoms with E-state index in [1.54, 1.807) is 18.6 Å². The van der Waals surface area contributed by atoms with E-state index < -0.39 is 5.91 Å². The Morgan fingerprint density at radius 1 is 1.25 bits per heavy atom. The fourth-order valence-electron chi connectivity index (χ4n) is 2.07. The summed E-state index contributed by atoms with van der Waals surface area (Å²) >= 11 is 0. The van der Waals surface area contributed by atoms with Crippen LogP contribution in [0.25, 0.3) is 11.1 Å². The van der Waals surface area contributed by atoms with E-state index in [1.807, 2.05) is 13.0 Å². The Kier molecular flexibility index (Phi) is 3.15. The number of hydrogen-bond donors (Lipinski definition) is 2. The molecule has 1 aliphatic carbocycles. The molecule has 20 heavy (non-hydrogen) atoms. The third kappa shape index (κ3) is 2.37. The van der Waals surface area contributed by atoms with E-state index in [9.17, 15) is 4.79 Å². The van der Waals surface area contributed by atoms with Crippen LogP contribution in [0.4, 0.5) is 0 Å². The molecule has 1 fully saturated rings. The van der Waals surface area contributed by atoms with Gasteiger partial charge in [0.25, 0.3) is 5.91 Å². The molecule has 3 N–H and O–H groups in total. The van der Waals surface area contributed by atoms with Gasteiger partial charge in [0, 0.05) is 35.6 Å². The molecule has 0 aliphatic heterocycles. The molecule has 0 saturated heterocycles. The van der Waals surface area contributed by atoms with E-state index in [4.69, 9.17) is 5.84 Å². The van der Waals surface area contributed by atoms with Crippen LogP contribution in [-0.4, -0.2) is 20.9 Å². The van der Waals surface area contributed by atoms with Crippen molar-refractivity contribution in [3.63, 3.8) is 0 Å². The maximum absolute atomic E-state index is 11.8. The maximum atomic E-state index is 11.8. The third-order valence-electron chi connectivity index (χ3n) is 3.30. The zero-order chi connectivity index (χ0) is 14.1. The van der Waals surface area contributed by atoms with Crippen molar-refractivity contribution < 1.29 is 4.79 Å². The fourth-order valence-corrected chi connectivity index (χ4v) is 2.07. The highest BCUT2D eigenvalue weighted by Gasteiger charge is 2.26. The molecule has 0 unspecified atom stereocenters. The maximum Gasteiger partial charge on any atom is 0.284 e. The van der Waals surface area contributed by atoms with Crippen LogP contribution in [0, 0.1) is 6.92 Å². The number of nitrogens with two attached hydrogens (primary N) is 1. The molecule has 6 heteroatoms. The number of hydrazine groups is 1. The minimum absolute atomic E-state index is 0.279. The molecule has 0 radical (unpaired) electrons. The standard InChI is InChI=1S/C14H15N5O/c1-8-4-11(12(16-5-8)14(20)19-15)10-6-17-13(18-7-10)9-2-3-9/h4-7,9H,2-3,15H2,1H3,(H,19,20). The van der Waals surface area contributed by atoms with Crippen LogP contribution in [0.1, 0.15) is 40.6 Å². The number of nitrogen functional groups attached to an aromatic ring is 1. The van der Waals surface area contributed by atoms with E-state index in [0.717, 1.165) is 29.8 Å². The number of amides is 1. The zero-order valence-electron chi connectivity index (χ0n) is 11.1. The summed E-state index contributed by atoms with van der Waals surface area (Å²) in [5.74, 6) is 6.15. The second-order valence-electron chi connectivity index (χ2n) is 4.99. The molecule has 2 heterocycles. The smallest absolute Gasteiger partial charge is 0.284 e. The van der Waals surface area contributed by atoms with Gasteiger partial charge in [0.05, 0.1) is 0 Å². The Hall–Kier alpha value is -2.34. The summed E-state index contributed by atoms with van der Waals surface area (Å²) in [5, 5.41) is 0. The lowest BCUT2D eigenvalue weighted by atomic mass is 10.0. The van der Waals surface area contributed by atoms with Crippen LogP contribution in [0.2, 0.25) is 0 Å². The first kappa shape index (κ1) is 12.7. The van der Waals surface area contributed by atoms with Gasteiger partial charge < -0.3 is 0 Å². The van der Waals surface area contributed by atoms with Crippen molar-refractivity contribution in [1.82, 2.24) is 20.4 Å². The predicted octanol–water partition coefficient (Wildman–Crippen LogP) is 1.33. The number of carbonyl (C=O) groups excluding carboxylic acids is 1. The quantitative estimate of drug-likeness (QED) is 0.498. The van der Waals surface area contributed by atoms with Crippen molar-refractivity contribution >= 4 is 5.91 Å². The number of pyridine rings is 1. The number of carbonyl (C=O) groups is 1. The van der Waals surface area contributed by atoms with Gasteiger partial charge >= 0.3 is 0 Å². The summed E-state index contributed by atoms with van der Waals surface area (Å²) in [6.07, 6.45) is 7.43. The predicted molar refractivity (Wildman–Crippen MR) is 73.6 cm³/mol. The molecule has 0 spiro atoms. The zero-order valence-corrected chi connectivity index (χ0v) is 11.1. The van der Waals surface area contributed by atoms with Crippen LogP contribution < -0.4 is 11.3 Å². The molecule has 1 aliphatic rings. The topological polar surface area (TPSA) is 93.8 Å². The number of aryl methyl sites for hydroxylation is 1. The first-order valence-corrected chi connectivity index (χ1v) is 6.49. The second-order valence-corrected chi connectivity index (χ2v) is 4.99. The summed E-state index contributed by atoms with van der Waals surface area (Å²) in [7, 11) is 0. The summed E-state index contributed by atoms with van der Waals surface area (Å²) in [5.41, 5.74) is 4.80. The Morgan fingerprint density at radius 3 is 2.55 bits per heavy atom. The summed E-state index contributed by atoms with van der Waals surface area (Å²) in [4.78, 5) is 24.7. The average Bonchev–Trinajstić information content (AvgIpc) is 3.31. The van der Waals surface area contributed by atoms with Crippen LogP contribution in [0.3, 0.4) is 0 Å². The number of aromatic nitrogens is 3. The Bertz CT molecular complexity index is 649. The van der Waals surface area contributed by atoms with Gasteiger partial charge in [-0.25, -0.2) is 15.8 Å². The molecule has 102 valence electrons. The molecule has 1 saturated carbocycles. The number of hydrogen-bond acceptors (Lipinski definition) is 5. The minimum Gasteiger partial charge on any atom is -0.289 e. The Labute approximate surface area is 116 Å². The monoisotopic (exact) mass is 269 g/mol. The molecule has 2 aromatic rings. The van der Waals surface area contributed by atoms with Gasteiger partial charge in [0.15, 0.2) is 0 Å². The lowest BCUT2D eigenvalue weighted by molar-refractivity contribution is 0.0949. The van der Waals surface area contributed by atoms with Gasteiger partial charge in [-0.05, 0) is 31.4 Å². The third-order valence-corrected chi connectivity index (χ3v) is 3.30. The molecule has 1 amide bonds. The molecular formula is C14H15N5O. The minimum atomic E-state index is -0.425. The van der Waals surface area contributed by atoms with Crippen molar-refractivity contribution in [3.05, 3.63) is 41.7 Å². The van der Waals surface area contributed by atoms with Gasteiger partial charge in [0.1, 0.15) is 11.5 Å². The number of nitrogens with zero attached hydrogens (tertiary/aromatic N) is 3. The second kappa shape index (κ2) is 4.97. The molecular weight excluding hydrogens is 254 g/mol. The van der Waals surface area contributed by atoms with Gasteiger partial charge in [0.2, 0.25) is 0 Å². The lowest BCUT2D eigenvalue weighted by Gasteiger charge is -2.08. The highest BCUT2D eigenvalue weighted by molar-refractivity contribution is 5.98. The SMILES string of the molecule is Cc1cnc(C(=O)NN)c(-c2cnc(C3CC3)nc2)c1. The summed E-state index contributed by atoms with van der Waals surface area (Å²) < 4.78 is 0. The molecule has 2 aromatic heterocycles. The van der Waals surface area contributed by atoms with Crippen LogP contribution in [0.5, 0.6) is 0 Å². The van der Waals surface area contributed by atoms with Crippen molar-refractivity contribution in [2.45, 2.75) is 25.7 Å². The van der Waals surface area contributed by atoms with E-state index in [-0.39, 0.29) is 5.69 Å². The lowest BCUT2D eigenvalue weighted by Crippen LogP contribution is -2.31. The molecule has 0 atom stereocenters. The number of rotatable bonds is 3. The highest BCUT2D eigenvalue weighted by Crippen LogP contribution is 2.38. The van der Waals surface area contributed by atoms with Gasteiger partial charge in [-0.15, -0.1) is 0 Å². The van der Waals surface area contributed by atoms with Gasteiger partial charge in [-0.1, -0.05) is 0 Å². The Morgan fingerprint density at radius 2 is 1.95 bits per heavy atom. The number of nitrogens with one attached hydrogen (secondary N) is 1. The van der Waals surface area contributed by atoms with Crippen molar-refractivity contribution in [2.24, 2.45) is 5.84 Å². The van der Waals surface area contributed by atoms with Crippen LogP contribution in [-0.2, 0) is 0 Å². The van der Waals surface area contributed by atoms with Crippen LogP contribution in [0.15, 0.2) is 24.7 Å². The van der Waals surface area contributed by atoms with E-state index in [1.165, 1.54) is 0 Å². The van der Waals surface area contributed by atoms with Gasteiger partial charge in [-0.2, -0.15) is 0 Å². The van der Waals surface area contributed by atoms with Crippen LogP contribution >= 0.6 is 0 Å². The van der Waals surface area contributed by atoms with E-state index in [2.05, 4.69) is 20.4 Å². The fraction of sp³-hybridized carbons (Fsp3) is 0.286. The highest BCUT2D eigenvalue weighted by atomic mass is 16.2. The van der Waals surface area contributed by atoms with E-state index in [0.29, 0.717) is 11.5 Å². The molecule has 6 nitrogen and oxygen atoms in total. The summed E-state index contributed by atoms with van der Waals surface area (Å²) in [6.45, 7) is 1.92. The molecule has 0 aromatic carbocycles. The van der Waals surface area contributed by atoms with Crippen molar-refractivity contribution in [2.75, 3.05) is 0 Å². The average molecular weight is 269 g/mol. The van der Waals surface area contributed by atoms with Gasteiger partial charge in [-0.3, -0.25) is 15.2 Å². The Balaban J connectivity index is 2.03. The normalized spacial score (nSPS) is 14.1. The first-order chi connectivity index (χ1) is 9.69. The van der Waals surface area contributed by atoms with Crippen molar-refractivity contribution in [1.29, 1.82) is 0 Å².